The van der Waals surface area contributed by atoms with Gasteiger partial charge in [-0.3, -0.25) is 0 Å². The second-order valence-corrected chi connectivity index (χ2v) is 5.10. The minimum absolute atomic E-state index is 0.701. The first kappa shape index (κ1) is 13.1. The zero-order valence-electron chi connectivity index (χ0n) is 10.6. The monoisotopic (exact) mass is 265 g/mol. The Morgan fingerprint density at radius 2 is 2.33 bits per heavy atom. The predicted molar refractivity (Wildman–Crippen MR) is 77.6 cm³/mol. The third kappa shape index (κ3) is 3.34. The second kappa shape index (κ2) is 6.56. The standard InChI is InChI=1S/C13H19N3OS/c1-2-8-17-10-4-5-11-12(9-10)18-13(16-11)15-7-3-6-14/h4-5,9H,2-3,6-8,14H2,1H3,(H,15,16). The molecule has 0 aliphatic rings. The van der Waals surface area contributed by atoms with Crippen LogP contribution in [0.4, 0.5) is 5.13 Å². The van der Waals surface area contributed by atoms with Crippen LogP contribution in [-0.2, 0) is 0 Å². The number of fused-ring (bicyclic) bond motifs is 1. The van der Waals surface area contributed by atoms with E-state index in [4.69, 9.17) is 10.5 Å². The molecule has 0 unspecified atom stereocenters. The molecule has 3 N–H and O–H groups in total. The highest BCUT2D eigenvalue weighted by Crippen LogP contribution is 2.29. The fraction of sp³-hybridized carbons (Fsp3) is 0.462. The van der Waals surface area contributed by atoms with Crippen molar-refractivity contribution >= 4 is 26.7 Å². The minimum Gasteiger partial charge on any atom is -0.494 e. The molecule has 4 nitrogen and oxygen atoms in total. The Bertz CT molecular complexity index is 498. The molecule has 1 aromatic carbocycles. The predicted octanol–water partition coefficient (Wildman–Crippen LogP) is 2.85. The van der Waals surface area contributed by atoms with Crippen LogP contribution in [0.2, 0.25) is 0 Å². The summed E-state index contributed by atoms with van der Waals surface area (Å²) in [6.45, 7) is 4.43. The van der Waals surface area contributed by atoms with Crippen molar-refractivity contribution < 1.29 is 4.74 Å². The van der Waals surface area contributed by atoms with Crippen LogP contribution in [0.15, 0.2) is 18.2 Å². The summed E-state index contributed by atoms with van der Waals surface area (Å²) in [7, 11) is 0. The van der Waals surface area contributed by atoms with E-state index >= 15 is 0 Å². The van der Waals surface area contributed by atoms with Crippen molar-refractivity contribution in [2.75, 3.05) is 25.0 Å². The molecule has 0 amide bonds. The number of hydrogen-bond donors (Lipinski definition) is 2. The average Bonchev–Trinajstić information content (AvgIpc) is 2.78. The molecule has 1 aromatic heterocycles. The summed E-state index contributed by atoms with van der Waals surface area (Å²) in [6.07, 6.45) is 1.98. The van der Waals surface area contributed by atoms with Crippen LogP contribution < -0.4 is 15.8 Å². The first-order chi connectivity index (χ1) is 8.83. The van der Waals surface area contributed by atoms with Gasteiger partial charge >= 0.3 is 0 Å². The quantitative estimate of drug-likeness (QED) is 0.756. The van der Waals surface area contributed by atoms with Crippen LogP contribution in [0.3, 0.4) is 0 Å². The fourth-order valence-electron chi connectivity index (χ4n) is 1.59. The van der Waals surface area contributed by atoms with E-state index in [9.17, 15) is 0 Å². The van der Waals surface area contributed by atoms with Gasteiger partial charge in [-0.25, -0.2) is 4.98 Å². The van der Waals surface area contributed by atoms with Gasteiger partial charge in [-0.2, -0.15) is 0 Å². The minimum atomic E-state index is 0.701. The summed E-state index contributed by atoms with van der Waals surface area (Å²) in [4.78, 5) is 4.52. The van der Waals surface area contributed by atoms with E-state index in [0.29, 0.717) is 6.54 Å². The van der Waals surface area contributed by atoms with E-state index in [-0.39, 0.29) is 0 Å². The third-order valence-electron chi connectivity index (χ3n) is 2.49. The molecule has 0 bridgehead atoms. The van der Waals surface area contributed by atoms with Gasteiger partial charge in [0.1, 0.15) is 5.75 Å². The van der Waals surface area contributed by atoms with Crippen molar-refractivity contribution in [1.29, 1.82) is 0 Å². The number of ether oxygens (including phenoxy) is 1. The normalized spacial score (nSPS) is 10.8. The maximum Gasteiger partial charge on any atom is 0.183 e. The lowest BCUT2D eigenvalue weighted by molar-refractivity contribution is 0.318. The topological polar surface area (TPSA) is 60.2 Å². The van der Waals surface area contributed by atoms with Crippen LogP contribution in [0.25, 0.3) is 10.2 Å². The van der Waals surface area contributed by atoms with Crippen molar-refractivity contribution in [3.8, 4) is 5.75 Å². The van der Waals surface area contributed by atoms with Gasteiger partial charge in [0.05, 0.1) is 16.8 Å². The van der Waals surface area contributed by atoms with Crippen molar-refractivity contribution in [3.63, 3.8) is 0 Å². The number of benzene rings is 1. The third-order valence-corrected chi connectivity index (χ3v) is 3.47. The van der Waals surface area contributed by atoms with Gasteiger partial charge in [0.15, 0.2) is 5.13 Å². The summed E-state index contributed by atoms with van der Waals surface area (Å²) in [5.41, 5.74) is 6.47. The molecule has 5 heteroatoms. The molecular weight excluding hydrogens is 246 g/mol. The smallest absolute Gasteiger partial charge is 0.183 e. The van der Waals surface area contributed by atoms with Gasteiger partial charge in [-0.05, 0) is 37.6 Å². The van der Waals surface area contributed by atoms with E-state index in [1.54, 1.807) is 11.3 Å². The van der Waals surface area contributed by atoms with Gasteiger partial charge in [-0.1, -0.05) is 18.3 Å². The highest BCUT2D eigenvalue weighted by atomic mass is 32.1. The van der Waals surface area contributed by atoms with Crippen LogP contribution in [-0.4, -0.2) is 24.7 Å². The molecule has 0 saturated carbocycles. The Hall–Kier alpha value is -1.33. The van der Waals surface area contributed by atoms with Gasteiger partial charge in [0.25, 0.3) is 0 Å². The molecule has 0 spiro atoms. The Kier molecular flexibility index (Phi) is 4.78. The van der Waals surface area contributed by atoms with Crippen molar-refractivity contribution in [2.45, 2.75) is 19.8 Å². The number of aromatic nitrogens is 1. The van der Waals surface area contributed by atoms with Crippen LogP contribution in [0.5, 0.6) is 5.75 Å². The fourth-order valence-corrected chi connectivity index (χ4v) is 2.51. The number of rotatable bonds is 7. The van der Waals surface area contributed by atoms with Gasteiger partial charge in [0, 0.05) is 6.54 Å². The Balaban J connectivity index is 2.07. The van der Waals surface area contributed by atoms with E-state index in [1.165, 1.54) is 0 Å². The molecule has 0 fully saturated rings. The SMILES string of the molecule is CCCOc1ccc2nc(NCCCN)sc2c1. The number of nitrogens with two attached hydrogens (primary N) is 1. The number of hydrogen-bond acceptors (Lipinski definition) is 5. The Morgan fingerprint density at radius 3 is 3.11 bits per heavy atom. The van der Waals surface area contributed by atoms with Crippen LogP contribution >= 0.6 is 11.3 Å². The van der Waals surface area contributed by atoms with Crippen molar-refractivity contribution in [2.24, 2.45) is 5.73 Å². The van der Waals surface area contributed by atoms with Crippen LogP contribution in [0, 0.1) is 0 Å². The highest BCUT2D eigenvalue weighted by molar-refractivity contribution is 7.22. The lowest BCUT2D eigenvalue weighted by atomic mass is 10.3. The lowest BCUT2D eigenvalue weighted by Gasteiger charge is -2.02. The van der Waals surface area contributed by atoms with E-state index in [2.05, 4.69) is 23.3 Å². The summed E-state index contributed by atoms with van der Waals surface area (Å²) in [5.74, 6) is 0.918. The maximum absolute atomic E-state index is 5.61. The average molecular weight is 265 g/mol. The van der Waals surface area contributed by atoms with Crippen molar-refractivity contribution in [3.05, 3.63) is 18.2 Å². The molecule has 0 saturated heterocycles. The summed E-state index contributed by atoms with van der Waals surface area (Å²) >= 11 is 1.65. The number of thiazole rings is 1. The molecule has 0 aliphatic heterocycles. The molecule has 2 aromatic rings. The van der Waals surface area contributed by atoms with Crippen molar-refractivity contribution in [1.82, 2.24) is 4.98 Å². The summed E-state index contributed by atoms with van der Waals surface area (Å²) < 4.78 is 6.76. The first-order valence-corrected chi connectivity index (χ1v) is 7.12. The molecular formula is C13H19N3OS. The second-order valence-electron chi connectivity index (χ2n) is 4.07. The Morgan fingerprint density at radius 1 is 1.44 bits per heavy atom. The molecule has 0 aliphatic carbocycles. The number of anilines is 1. The zero-order chi connectivity index (χ0) is 12.8. The van der Waals surface area contributed by atoms with E-state index in [1.807, 2.05) is 12.1 Å². The largest absolute Gasteiger partial charge is 0.494 e. The molecule has 18 heavy (non-hydrogen) atoms. The Labute approximate surface area is 111 Å². The van der Waals surface area contributed by atoms with E-state index in [0.717, 1.165) is 47.1 Å². The van der Waals surface area contributed by atoms with Gasteiger partial charge < -0.3 is 15.8 Å². The molecule has 1 heterocycles. The molecule has 0 atom stereocenters. The zero-order valence-corrected chi connectivity index (χ0v) is 11.4. The molecule has 98 valence electrons. The number of nitrogens with one attached hydrogen (secondary N) is 1. The highest BCUT2D eigenvalue weighted by Gasteiger charge is 2.04. The van der Waals surface area contributed by atoms with Gasteiger partial charge in [-0.15, -0.1) is 0 Å². The molecule has 2 rings (SSSR count). The lowest BCUT2D eigenvalue weighted by Crippen LogP contribution is -2.07. The van der Waals surface area contributed by atoms with Gasteiger partial charge in [0.2, 0.25) is 0 Å². The maximum atomic E-state index is 5.61. The first-order valence-electron chi connectivity index (χ1n) is 6.31. The number of nitrogens with zero attached hydrogens (tertiary/aromatic N) is 1. The summed E-state index contributed by atoms with van der Waals surface area (Å²) in [5, 5.41) is 4.23. The van der Waals surface area contributed by atoms with E-state index < -0.39 is 0 Å². The summed E-state index contributed by atoms with van der Waals surface area (Å²) in [6, 6.07) is 6.03. The molecule has 0 radical (unpaired) electrons. The van der Waals surface area contributed by atoms with Crippen LogP contribution in [0.1, 0.15) is 19.8 Å².